The van der Waals surface area contributed by atoms with Gasteiger partial charge in [0.1, 0.15) is 17.9 Å². The van der Waals surface area contributed by atoms with E-state index in [0.29, 0.717) is 17.9 Å². The molecule has 0 aliphatic carbocycles. The lowest BCUT2D eigenvalue weighted by molar-refractivity contribution is 0.243. The zero-order valence-corrected chi connectivity index (χ0v) is 19.4. The van der Waals surface area contributed by atoms with Gasteiger partial charge in [-0.15, -0.1) is 0 Å². The Labute approximate surface area is 198 Å². The fourth-order valence-corrected chi connectivity index (χ4v) is 4.45. The summed E-state index contributed by atoms with van der Waals surface area (Å²) in [7, 11) is 3.35. The van der Waals surface area contributed by atoms with E-state index in [1.807, 2.05) is 12.1 Å². The molecular weight excluding hydrogens is 430 g/mol. The first kappa shape index (κ1) is 22.0. The molecule has 6 nitrogen and oxygen atoms in total. The Morgan fingerprint density at radius 3 is 2.47 bits per heavy atom. The molecule has 0 saturated heterocycles. The van der Waals surface area contributed by atoms with Gasteiger partial charge >= 0.3 is 5.63 Å². The smallest absolute Gasteiger partial charge is 0.336 e. The van der Waals surface area contributed by atoms with Crippen LogP contribution in [0, 0.1) is 0 Å². The minimum Gasteiger partial charge on any atom is -0.493 e. The summed E-state index contributed by atoms with van der Waals surface area (Å²) in [6.45, 7) is 3.17. The number of fused-ring (bicyclic) bond motifs is 2. The number of nitrogens with zero attached hydrogens (tertiary/aromatic N) is 1. The summed E-state index contributed by atoms with van der Waals surface area (Å²) in [4.78, 5) is 13.9. The summed E-state index contributed by atoms with van der Waals surface area (Å²) < 4.78 is 22.2. The predicted octanol–water partition coefficient (Wildman–Crippen LogP) is 4.95. The van der Waals surface area contributed by atoms with E-state index in [2.05, 4.69) is 41.3 Å². The maximum absolute atomic E-state index is 11.5. The van der Waals surface area contributed by atoms with Crippen LogP contribution in [0.3, 0.4) is 0 Å². The number of hydrogen-bond acceptors (Lipinski definition) is 6. The molecule has 6 heteroatoms. The lowest BCUT2D eigenvalue weighted by Gasteiger charge is -2.29. The van der Waals surface area contributed by atoms with Gasteiger partial charge < -0.3 is 18.6 Å². The zero-order chi connectivity index (χ0) is 23.5. The van der Waals surface area contributed by atoms with Gasteiger partial charge in [0.05, 0.1) is 14.2 Å². The molecule has 3 aromatic carbocycles. The van der Waals surface area contributed by atoms with Crippen LogP contribution in [-0.2, 0) is 26.1 Å². The molecule has 0 fully saturated rings. The Morgan fingerprint density at radius 1 is 0.882 bits per heavy atom. The monoisotopic (exact) mass is 457 g/mol. The molecule has 0 unspecified atom stereocenters. The Kier molecular flexibility index (Phi) is 6.23. The van der Waals surface area contributed by atoms with Gasteiger partial charge in [0, 0.05) is 37.2 Å². The molecule has 4 aromatic rings. The average molecular weight is 458 g/mol. The predicted molar refractivity (Wildman–Crippen MR) is 131 cm³/mol. The molecule has 0 amide bonds. The second-order valence-electron chi connectivity index (χ2n) is 8.50. The summed E-state index contributed by atoms with van der Waals surface area (Å²) in [5.74, 6) is 2.23. The highest BCUT2D eigenvalue weighted by molar-refractivity contribution is 5.77. The van der Waals surface area contributed by atoms with Crippen molar-refractivity contribution in [3.63, 3.8) is 0 Å². The van der Waals surface area contributed by atoms with Crippen LogP contribution in [0.2, 0.25) is 0 Å². The Hall–Kier alpha value is -3.77. The largest absolute Gasteiger partial charge is 0.493 e. The van der Waals surface area contributed by atoms with Crippen LogP contribution in [0.15, 0.2) is 75.9 Å². The van der Waals surface area contributed by atoms with Crippen LogP contribution in [0.5, 0.6) is 17.2 Å². The molecule has 174 valence electrons. The third kappa shape index (κ3) is 4.77. The highest BCUT2D eigenvalue weighted by Crippen LogP contribution is 2.33. The number of hydrogen-bond donors (Lipinski definition) is 0. The van der Waals surface area contributed by atoms with Gasteiger partial charge in [-0.25, -0.2) is 4.79 Å². The number of ether oxygens (including phenoxy) is 3. The van der Waals surface area contributed by atoms with Crippen LogP contribution in [0.4, 0.5) is 0 Å². The van der Waals surface area contributed by atoms with E-state index in [-0.39, 0.29) is 5.63 Å². The van der Waals surface area contributed by atoms with Gasteiger partial charge in [-0.1, -0.05) is 24.3 Å². The Bertz CT molecular complexity index is 1380. The van der Waals surface area contributed by atoms with Crippen molar-refractivity contribution in [2.45, 2.75) is 26.1 Å². The Balaban J connectivity index is 1.25. The van der Waals surface area contributed by atoms with Crippen LogP contribution in [0.25, 0.3) is 11.0 Å². The van der Waals surface area contributed by atoms with Gasteiger partial charge in [0.2, 0.25) is 0 Å². The van der Waals surface area contributed by atoms with Crippen molar-refractivity contribution < 1.29 is 18.6 Å². The van der Waals surface area contributed by atoms with Crippen LogP contribution >= 0.6 is 0 Å². The normalized spacial score (nSPS) is 13.5. The van der Waals surface area contributed by atoms with Crippen molar-refractivity contribution in [3.8, 4) is 17.2 Å². The van der Waals surface area contributed by atoms with Gasteiger partial charge in [0.25, 0.3) is 0 Å². The molecule has 5 rings (SSSR count). The van der Waals surface area contributed by atoms with Crippen molar-refractivity contribution >= 4 is 11.0 Å². The van der Waals surface area contributed by atoms with Crippen molar-refractivity contribution in [1.29, 1.82) is 0 Å². The van der Waals surface area contributed by atoms with Crippen LogP contribution in [0.1, 0.15) is 22.3 Å². The molecule has 0 radical (unpaired) electrons. The second-order valence-corrected chi connectivity index (χ2v) is 8.50. The van der Waals surface area contributed by atoms with E-state index >= 15 is 0 Å². The van der Waals surface area contributed by atoms with E-state index in [0.717, 1.165) is 48.5 Å². The fourth-order valence-electron chi connectivity index (χ4n) is 4.45. The van der Waals surface area contributed by atoms with Crippen molar-refractivity contribution in [2.75, 3.05) is 20.8 Å². The van der Waals surface area contributed by atoms with Crippen LogP contribution in [-0.4, -0.2) is 25.7 Å². The molecule has 1 aliphatic rings. The molecule has 0 atom stereocenters. The maximum atomic E-state index is 11.5. The molecule has 0 N–H and O–H groups in total. The first-order chi connectivity index (χ1) is 16.6. The maximum Gasteiger partial charge on any atom is 0.336 e. The standard InChI is InChI=1S/C28H27NO5/c1-31-26-13-22-10-11-29(17-23(22)14-27(26)32-2)16-19-4-3-5-20(12-19)18-33-24-8-6-21-7-9-28(30)34-25(21)15-24/h3-9,12-15H,10-11,16-18H2,1-2H3. The summed E-state index contributed by atoms with van der Waals surface area (Å²) >= 11 is 0. The molecule has 0 saturated carbocycles. The van der Waals surface area contributed by atoms with E-state index in [1.165, 1.54) is 22.8 Å². The van der Waals surface area contributed by atoms with E-state index in [4.69, 9.17) is 18.6 Å². The average Bonchev–Trinajstić information content (AvgIpc) is 2.86. The molecule has 1 aromatic heterocycles. The van der Waals surface area contributed by atoms with E-state index in [9.17, 15) is 4.79 Å². The quantitative estimate of drug-likeness (QED) is 0.366. The van der Waals surface area contributed by atoms with Gasteiger partial charge in [-0.05, 0) is 59.0 Å². The molecular formula is C28H27NO5. The number of benzene rings is 3. The first-order valence-corrected chi connectivity index (χ1v) is 11.3. The Morgan fingerprint density at radius 2 is 1.65 bits per heavy atom. The molecule has 2 heterocycles. The minimum absolute atomic E-state index is 0.365. The molecule has 0 spiro atoms. The fraction of sp³-hybridized carbons (Fsp3) is 0.250. The topological polar surface area (TPSA) is 61.1 Å². The van der Waals surface area contributed by atoms with E-state index < -0.39 is 0 Å². The number of rotatable bonds is 7. The molecule has 1 aliphatic heterocycles. The lowest BCUT2D eigenvalue weighted by atomic mass is 9.98. The molecule has 0 bridgehead atoms. The summed E-state index contributed by atoms with van der Waals surface area (Å²) in [6.07, 6.45) is 0.983. The third-order valence-electron chi connectivity index (χ3n) is 6.19. The zero-order valence-electron chi connectivity index (χ0n) is 19.4. The van der Waals surface area contributed by atoms with Crippen LogP contribution < -0.4 is 19.8 Å². The molecule has 34 heavy (non-hydrogen) atoms. The van der Waals surface area contributed by atoms with E-state index in [1.54, 1.807) is 26.4 Å². The summed E-state index contributed by atoms with van der Waals surface area (Å²) in [6, 6.07) is 21.4. The SMILES string of the molecule is COc1cc2c(cc1OC)CN(Cc1cccc(COc3ccc4ccc(=O)oc4c3)c1)CC2. The minimum atomic E-state index is -0.365. The summed E-state index contributed by atoms with van der Waals surface area (Å²) in [5, 5.41) is 0.869. The van der Waals surface area contributed by atoms with Gasteiger partial charge in [0.15, 0.2) is 11.5 Å². The number of methoxy groups -OCH3 is 2. The van der Waals surface area contributed by atoms with Crippen molar-refractivity contribution in [3.05, 3.63) is 99.4 Å². The first-order valence-electron chi connectivity index (χ1n) is 11.3. The summed E-state index contributed by atoms with van der Waals surface area (Å²) in [5.41, 5.74) is 5.10. The van der Waals surface area contributed by atoms with Gasteiger partial charge in [-0.2, -0.15) is 0 Å². The highest BCUT2D eigenvalue weighted by atomic mass is 16.5. The van der Waals surface area contributed by atoms with Crippen molar-refractivity contribution in [2.24, 2.45) is 0 Å². The van der Waals surface area contributed by atoms with Gasteiger partial charge in [-0.3, -0.25) is 4.90 Å². The van der Waals surface area contributed by atoms with Crippen molar-refractivity contribution in [1.82, 2.24) is 4.90 Å². The lowest BCUT2D eigenvalue weighted by Crippen LogP contribution is -2.30. The second kappa shape index (κ2) is 9.61. The highest BCUT2D eigenvalue weighted by Gasteiger charge is 2.19. The third-order valence-corrected chi connectivity index (χ3v) is 6.19.